The second kappa shape index (κ2) is 7.11. The van der Waals surface area contributed by atoms with Crippen molar-refractivity contribution in [2.75, 3.05) is 32.8 Å². The van der Waals surface area contributed by atoms with Crippen LogP contribution in [0.5, 0.6) is 0 Å². The zero-order valence-corrected chi connectivity index (χ0v) is 13.3. The topological polar surface area (TPSA) is 64.0 Å². The van der Waals surface area contributed by atoms with Gasteiger partial charge in [-0.3, -0.25) is 9.69 Å². The SMILES string of the molecule is O=C(C1CCC1)N(CC1=CCCN(CC(O)CO)C1)C1CC1. The van der Waals surface area contributed by atoms with Crippen molar-refractivity contribution in [3.05, 3.63) is 11.6 Å². The van der Waals surface area contributed by atoms with Crippen LogP contribution in [0, 0.1) is 5.92 Å². The third-order valence-electron chi connectivity index (χ3n) is 5.08. The van der Waals surface area contributed by atoms with Crippen molar-refractivity contribution in [3.63, 3.8) is 0 Å². The summed E-state index contributed by atoms with van der Waals surface area (Å²) in [4.78, 5) is 16.9. The van der Waals surface area contributed by atoms with Crippen LogP contribution in [0.3, 0.4) is 0 Å². The van der Waals surface area contributed by atoms with Crippen LogP contribution in [0.4, 0.5) is 0 Å². The van der Waals surface area contributed by atoms with E-state index in [1.165, 1.54) is 12.0 Å². The fraction of sp³-hybridized carbons (Fsp3) is 0.824. The molecular formula is C17H28N2O3. The molecule has 2 N–H and O–H groups in total. The standard InChI is InChI=1S/C17H28N2O3/c20-12-16(21)11-18-8-2-3-13(9-18)10-19(15-6-7-15)17(22)14-4-1-5-14/h3,14-16,20-21H,1-2,4-12H2. The quantitative estimate of drug-likeness (QED) is 0.682. The molecule has 1 aliphatic heterocycles. The summed E-state index contributed by atoms with van der Waals surface area (Å²) < 4.78 is 0. The number of aliphatic hydroxyl groups excluding tert-OH is 2. The predicted octanol–water partition coefficient (Wildman–Crippen LogP) is 0.763. The Bertz CT molecular complexity index is 430. The van der Waals surface area contributed by atoms with Gasteiger partial charge < -0.3 is 15.1 Å². The van der Waals surface area contributed by atoms with Crippen molar-refractivity contribution >= 4 is 5.91 Å². The Morgan fingerprint density at radius 2 is 2.14 bits per heavy atom. The first kappa shape index (κ1) is 16.0. The van der Waals surface area contributed by atoms with Gasteiger partial charge in [-0.15, -0.1) is 0 Å². The van der Waals surface area contributed by atoms with Gasteiger partial charge in [0.2, 0.25) is 5.91 Å². The molecule has 0 bridgehead atoms. The Morgan fingerprint density at radius 1 is 1.36 bits per heavy atom. The van der Waals surface area contributed by atoms with Crippen LogP contribution < -0.4 is 0 Å². The normalized spacial score (nSPS) is 24.5. The van der Waals surface area contributed by atoms with Crippen LogP contribution >= 0.6 is 0 Å². The maximum absolute atomic E-state index is 12.6. The van der Waals surface area contributed by atoms with Crippen molar-refractivity contribution in [3.8, 4) is 0 Å². The first-order valence-corrected chi connectivity index (χ1v) is 8.67. The number of β-amino-alcohol motifs (C(OH)–C–C–N with tert-alkyl or cyclic N) is 1. The van der Waals surface area contributed by atoms with Gasteiger partial charge >= 0.3 is 0 Å². The van der Waals surface area contributed by atoms with E-state index >= 15 is 0 Å². The molecule has 124 valence electrons. The summed E-state index contributed by atoms with van der Waals surface area (Å²) in [5.41, 5.74) is 1.29. The minimum atomic E-state index is -0.671. The first-order valence-electron chi connectivity index (χ1n) is 8.67. The molecule has 3 rings (SSSR count). The van der Waals surface area contributed by atoms with E-state index in [1.807, 2.05) is 0 Å². The molecule has 5 heteroatoms. The number of carbonyl (C=O) groups excluding carboxylic acids is 1. The Labute approximate surface area is 132 Å². The lowest BCUT2D eigenvalue weighted by atomic mass is 9.84. The summed E-state index contributed by atoms with van der Waals surface area (Å²) in [5.74, 6) is 0.638. The number of rotatable bonds is 7. The Morgan fingerprint density at radius 3 is 2.73 bits per heavy atom. The zero-order chi connectivity index (χ0) is 15.5. The van der Waals surface area contributed by atoms with E-state index in [0.29, 0.717) is 18.5 Å². The van der Waals surface area contributed by atoms with Crippen LogP contribution in [-0.4, -0.2) is 70.9 Å². The van der Waals surface area contributed by atoms with Crippen LogP contribution in [-0.2, 0) is 4.79 Å². The summed E-state index contributed by atoms with van der Waals surface area (Å²) in [6.07, 6.45) is 8.18. The van der Waals surface area contributed by atoms with E-state index in [4.69, 9.17) is 5.11 Å². The number of aliphatic hydroxyl groups is 2. The van der Waals surface area contributed by atoms with Crippen molar-refractivity contribution in [1.82, 2.24) is 9.80 Å². The number of hydrogen-bond acceptors (Lipinski definition) is 4. The summed E-state index contributed by atoms with van der Waals surface area (Å²) in [7, 11) is 0. The van der Waals surface area contributed by atoms with E-state index in [1.54, 1.807) is 0 Å². The fourth-order valence-corrected chi connectivity index (χ4v) is 3.39. The van der Waals surface area contributed by atoms with Crippen molar-refractivity contribution in [2.45, 2.75) is 50.7 Å². The van der Waals surface area contributed by atoms with Gasteiger partial charge in [0.15, 0.2) is 0 Å². The van der Waals surface area contributed by atoms with E-state index in [2.05, 4.69) is 15.9 Å². The molecule has 5 nitrogen and oxygen atoms in total. The monoisotopic (exact) mass is 308 g/mol. The lowest BCUT2D eigenvalue weighted by molar-refractivity contribution is -0.138. The third-order valence-corrected chi connectivity index (χ3v) is 5.08. The van der Waals surface area contributed by atoms with Gasteiger partial charge in [-0.05, 0) is 37.7 Å². The molecule has 0 aromatic heterocycles. The van der Waals surface area contributed by atoms with Gasteiger partial charge in [-0.25, -0.2) is 0 Å². The highest BCUT2D eigenvalue weighted by Gasteiger charge is 2.38. The minimum Gasteiger partial charge on any atom is -0.394 e. The lowest BCUT2D eigenvalue weighted by Crippen LogP contribution is -2.44. The molecule has 3 aliphatic rings. The average molecular weight is 308 g/mol. The third kappa shape index (κ3) is 3.89. The van der Waals surface area contributed by atoms with E-state index < -0.39 is 6.10 Å². The number of carbonyl (C=O) groups is 1. The van der Waals surface area contributed by atoms with E-state index in [-0.39, 0.29) is 12.5 Å². The van der Waals surface area contributed by atoms with E-state index in [9.17, 15) is 9.90 Å². The van der Waals surface area contributed by atoms with Crippen LogP contribution in [0.2, 0.25) is 0 Å². The Balaban J connectivity index is 1.55. The molecule has 0 aromatic rings. The molecule has 2 aliphatic carbocycles. The highest BCUT2D eigenvalue weighted by molar-refractivity contribution is 5.80. The summed E-state index contributed by atoms with van der Waals surface area (Å²) in [6, 6.07) is 0.465. The molecule has 0 aromatic carbocycles. The molecular weight excluding hydrogens is 280 g/mol. The van der Waals surface area contributed by atoms with Gasteiger partial charge in [0.1, 0.15) is 0 Å². The molecule has 1 atom stereocenters. The maximum Gasteiger partial charge on any atom is 0.226 e. The van der Waals surface area contributed by atoms with Crippen molar-refractivity contribution in [2.24, 2.45) is 5.92 Å². The maximum atomic E-state index is 12.6. The highest BCUT2D eigenvalue weighted by Crippen LogP contribution is 2.34. The number of amides is 1. The average Bonchev–Trinajstić information content (AvgIpc) is 3.27. The molecule has 1 heterocycles. The second-order valence-corrected chi connectivity index (χ2v) is 7.05. The van der Waals surface area contributed by atoms with Crippen molar-refractivity contribution < 1.29 is 15.0 Å². The van der Waals surface area contributed by atoms with Gasteiger partial charge in [0.05, 0.1) is 12.7 Å². The van der Waals surface area contributed by atoms with Gasteiger partial charge in [0.25, 0.3) is 0 Å². The van der Waals surface area contributed by atoms with Gasteiger partial charge in [0, 0.05) is 38.1 Å². The minimum absolute atomic E-state index is 0.191. The molecule has 0 saturated heterocycles. The molecule has 0 spiro atoms. The molecule has 0 radical (unpaired) electrons. The predicted molar refractivity (Wildman–Crippen MR) is 84.3 cm³/mol. The summed E-state index contributed by atoms with van der Waals surface area (Å²) in [5, 5.41) is 18.6. The fourth-order valence-electron chi connectivity index (χ4n) is 3.39. The van der Waals surface area contributed by atoms with Gasteiger partial charge in [-0.1, -0.05) is 12.5 Å². The Kier molecular flexibility index (Phi) is 5.16. The van der Waals surface area contributed by atoms with Crippen LogP contribution in [0.1, 0.15) is 38.5 Å². The van der Waals surface area contributed by atoms with Crippen LogP contribution in [0.15, 0.2) is 11.6 Å². The number of hydrogen-bond donors (Lipinski definition) is 2. The smallest absolute Gasteiger partial charge is 0.226 e. The molecule has 2 fully saturated rings. The first-order chi connectivity index (χ1) is 10.7. The number of nitrogens with zero attached hydrogens (tertiary/aromatic N) is 2. The van der Waals surface area contributed by atoms with Gasteiger partial charge in [-0.2, -0.15) is 0 Å². The molecule has 1 unspecified atom stereocenters. The van der Waals surface area contributed by atoms with E-state index in [0.717, 1.165) is 51.7 Å². The lowest BCUT2D eigenvalue weighted by Gasteiger charge is -2.35. The summed E-state index contributed by atoms with van der Waals surface area (Å²) >= 11 is 0. The highest BCUT2D eigenvalue weighted by atomic mass is 16.3. The Hall–Kier alpha value is -0.910. The van der Waals surface area contributed by atoms with Crippen molar-refractivity contribution in [1.29, 1.82) is 0 Å². The molecule has 2 saturated carbocycles. The molecule has 22 heavy (non-hydrogen) atoms. The largest absolute Gasteiger partial charge is 0.394 e. The summed E-state index contributed by atoms with van der Waals surface area (Å²) in [6.45, 7) is 2.79. The molecule has 1 amide bonds. The zero-order valence-electron chi connectivity index (χ0n) is 13.3. The second-order valence-electron chi connectivity index (χ2n) is 7.05. The van der Waals surface area contributed by atoms with Crippen LogP contribution in [0.25, 0.3) is 0 Å².